The van der Waals surface area contributed by atoms with Crippen LogP contribution in [0.15, 0.2) is 0 Å². The number of nitrogens with two attached hydrogens (primary N) is 1. The molecule has 0 aliphatic heterocycles. The third kappa shape index (κ3) is 14.3. The average molecular weight is 231 g/mol. The van der Waals surface area contributed by atoms with Crippen molar-refractivity contribution in [1.29, 1.82) is 0 Å². The number of hydrogen-bond acceptors (Lipinski definition) is 2. The first-order valence-corrected chi connectivity index (χ1v) is 7.85. The van der Waals surface area contributed by atoms with Gasteiger partial charge in [-0.2, -0.15) is 0 Å². The molecule has 0 saturated heterocycles. The molecule has 0 amide bonds. The van der Waals surface area contributed by atoms with Crippen molar-refractivity contribution in [2.75, 3.05) is 11.6 Å². The largest absolute Gasteiger partial charge is 0.322 e. The predicted octanol–water partition coefficient (Wildman–Crippen LogP) is 4.56. The van der Waals surface area contributed by atoms with Gasteiger partial charge in [-0.25, -0.2) is 0 Å². The zero-order chi connectivity index (χ0) is 11.2. The average Bonchev–Trinajstić information content (AvgIpc) is 2.26. The van der Waals surface area contributed by atoms with Crippen LogP contribution in [-0.4, -0.2) is 11.6 Å². The Kier molecular flexibility index (Phi) is 14.6. The molecule has 0 saturated carbocycles. The molecule has 2 heteroatoms. The minimum absolute atomic E-state index is 0.789. The van der Waals surface area contributed by atoms with Crippen LogP contribution in [0.4, 0.5) is 0 Å². The van der Waals surface area contributed by atoms with Crippen molar-refractivity contribution in [3.05, 3.63) is 0 Å². The Morgan fingerprint density at radius 3 is 1.67 bits per heavy atom. The highest BCUT2D eigenvalue weighted by Gasteiger charge is 1.92. The summed E-state index contributed by atoms with van der Waals surface area (Å²) in [4.78, 5) is 0. The third-order valence-corrected chi connectivity index (χ3v) is 3.57. The van der Waals surface area contributed by atoms with Crippen molar-refractivity contribution in [1.82, 2.24) is 0 Å². The summed E-state index contributed by atoms with van der Waals surface area (Å²) >= 11 is 1.86. The highest BCUT2D eigenvalue weighted by molar-refractivity contribution is 7.99. The molecule has 0 radical (unpaired) electrons. The van der Waals surface area contributed by atoms with Crippen LogP contribution in [0.5, 0.6) is 0 Å². The molecular formula is C13H29NS. The zero-order valence-electron chi connectivity index (χ0n) is 10.5. The van der Waals surface area contributed by atoms with Gasteiger partial charge in [-0.3, -0.25) is 0 Å². The Hall–Kier alpha value is 0.310. The third-order valence-electron chi connectivity index (χ3n) is 2.76. The highest BCUT2D eigenvalue weighted by Crippen LogP contribution is 2.11. The van der Waals surface area contributed by atoms with E-state index in [2.05, 4.69) is 6.92 Å². The first kappa shape index (κ1) is 15.3. The fraction of sp³-hybridized carbons (Fsp3) is 1.00. The lowest BCUT2D eigenvalue weighted by Crippen LogP contribution is -1.93. The standard InChI is InChI=1S/C13H29NS/c1-2-3-4-5-6-7-8-9-10-11-12-15-13-14/h2-14H2,1H3. The molecule has 92 valence electrons. The number of hydrogen-bond donors (Lipinski definition) is 1. The summed E-state index contributed by atoms with van der Waals surface area (Å²) < 4.78 is 0. The van der Waals surface area contributed by atoms with Gasteiger partial charge in [-0.1, -0.05) is 64.7 Å². The first-order valence-electron chi connectivity index (χ1n) is 6.69. The van der Waals surface area contributed by atoms with E-state index in [9.17, 15) is 0 Å². The van der Waals surface area contributed by atoms with Gasteiger partial charge in [-0.05, 0) is 12.2 Å². The molecular weight excluding hydrogens is 202 g/mol. The molecule has 0 aliphatic rings. The van der Waals surface area contributed by atoms with Gasteiger partial charge in [0.05, 0.1) is 0 Å². The lowest BCUT2D eigenvalue weighted by molar-refractivity contribution is 0.563. The Bertz CT molecular complexity index is 94.7. The minimum atomic E-state index is 0.789. The van der Waals surface area contributed by atoms with E-state index in [1.54, 1.807) is 0 Å². The second-order valence-electron chi connectivity index (χ2n) is 4.26. The van der Waals surface area contributed by atoms with E-state index in [1.165, 1.54) is 70.0 Å². The van der Waals surface area contributed by atoms with E-state index >= 15 is 0 Å². The number of unbranched alkanes of at least 4 members (excludes halogenated alkanes) is 9. The van der Waals surface area contributed by atoms with Crippen molar-refractivity contribution >= 4 is 11.8 Å². The molecule has 0 aromatic heterocycles. The molecule has 0 unspecified atom stereocenters. The van der Waals surface area contributed by atoms with E-state index in [0.29, 0.717) is 0 Å². The molecule has 1 nitrogen and oxygen atoms in total. The summed E-state index contributed by atoms with van der Waals surface area (Å²) in [6, 6.07) is 0. The Balaban J connectivity index is 2.81. The van der Waals surface area contributed by atoms with E-state index < -0.39 is 0 Å². The SMILES string of the molecule is CCCCCCCCCCCCSCN. The van der Waals surface area contributed by atoms with Crippen LogP contribution in [0, 0.1) is 0 Å². The topological polar surface area (TPSA) is 26.0 Å². The monoisotopic (exact) mass is 231 g/mol. The lowest BCUT2D eigenvalue weighted by Gasteiger charge is -2.01. The second-order valence-corrected chi connectivity index (χ2v) is 5.41. The summed E-state index contributed by atoms with van der Waals surface area (Å²) in [5, 5.41) is 0. The molecule has 0 fully saturated rings. The van der Waals surface area contributed by atoms with E-state index in [1.807, 2.05) is 11.8 Å². The van der Waals surface area contributed by atoms with Crippen molar-refractivity contribution in [3.63, 3.8) is 0 Å². The van der Waals surface area contributed by atoms with Gasteiger partial charge < -0.3 is 5.73 Å². The van der Waals surface area contributed by atoms with Gasteiger partial charge >= 0.3 is 0 Å². The van der Waals surface area contributed by atoms with Crippen LogP contribution >= 0.6 is 11.8 Å². The Morgan fingerprint density at radius 1 is 0.733 bits per heavy atom. The molecule has 0 aliphatic carbocycles. The molecule has 0 heterocycles. The second kappa shape index (κ2) is 14.3. The summed E-state index contributed by atoms with van der Waals surface area (Å²) in [5.41, 5.74) is 5.41. The lowest BCUT2D eigenvalue weighted by atomic mass is 10.1. The molecule has 0 aromatic rings. The molecule has 0 aromatic carbocycles. The minimum Gasteiger partial charge on any atom is -0.322 e. The summed E-state index contributed by atoms with van der Waals surface area (Å²) in [6.45, 7) is 2.28. The van der Waals surface area contributed by atoms with Gasteiger partial charge in [0.25, 0.3) is 0 Å². The van der Waals surface area contributed by atoms with Gasteiger partial charge in [0.15, 0.2) is 0 Å². The van der Waals surface area contributed by atoms with Crippen LogP contribution in [0.2, 0.25) is 0 Å². The first-order chi connectivity index (χ1) is 7.41. The van der Waals surface area contributed by atoms with Crippen LogP contribution in [-0.2, 0) is 0 Å². The number of rotatable bonds is 12. The maximum atomic E-state index is 5.41. The quantitative estimate of drug-likeness (QED) is 0.394. The molecule has 0 rings (SSSR count). The van der Waals surface area contributed by atoms with Gasteiger partial charge in [0.2, 0.25) is 0 Å². The Morgan fingerprint density at radius 2 is 1.20 bits per heavy atom. The normalized spacial score (nSPS) is 10.8. The van der Waals surface area contributed by atoms with Crippen molar-refractivity contribution in [2.45, 2.75) is 71.1 Å². The molecule has 0 spiro atoms. The molecule has 0 atom stereocenters. The smallest absolute Gasteiger partial charge is 0.0392 e. The predicted molar refractivity (Wildman–Crippen MR) is 73.4 cm³/mol. The van der Waals surface area contributed by atoms with E-state index in [-0.39, 0.29) is 0 Å². The highest BCUT2D eigenvalue weighted by atomic mass is 32.2. The molecule has 2 N–H and O–H groups in total. The summed E-state index contributed by atoms with van der Waals surface area (Å²) in [5.74, 6) is 2.05. The van der Waals surface area contributed by atoms with Gasteiger partial charge in [-0.15, -0.1) is 11.8 Å². The van der Waals surface area contributed by atoms with Crippen molar-refractivity contribution in [2.24, 2.45) is 5.73 Å². The van der Waals surface area contributed by atoms with Crippen molar-refractivity contribution in [3.8, 4) is 0 Å². The summed E-state index contributed by atoms with van der Waals surface area (Å²) in [6.07, 6.45) is 14.2. The van der Waals surface area contributed by atoms with Crippen LogP contribution < -0.4 is 5.73 Å². The van der Waals surface area contributed by atoms with Crippen molar-refractivity contribution < 1.29 is 0 Å². The maximum Gasteiger partial charge on any atom is 0.0392 e. The van der Waals surface area contributed by atoms with Crippen LogP contribution in [0.3, 0.4) is 0 Å². The number of thioether (sulfide) groups is 1. The van der Waals surface area contributed by atoms with Gasteiger partial charge in [0, 0.05) is 5.88 Å². The van der Waals surface area contributed by atoms with Crippen LogP contribution in [0.25, 0.3) is 0 Å². The fourth-order valence-electron chi connectivity index (χ4n) is 1.77. The molecule has 15 heavy (non-hydrogen) atoms. The van der Waals surface area contributed by atoms with Gasteiger partial charge in [0.1, 0.15) is 0 Å². The molecule has 0 bridgehead atoms. The van der Waals surface area contributed by atoms with Crippen LogP contribution in [0.1, 0.15) is 71.1 Å². The fourth-order valence-corrected chi connectivity index (χ4v) is 2.35. The Labute approximate surface area is 101 Å². The van der Waals surface area contributed by atoms with E-state index in [4.69, 9.17) is 5.73 Å². The summed E-state index contributed by atoms with van der Waals surface area (Å²) in [7, 11) is 0. The maximum absolute atomic E-state index is 5.41. The zero-order valence-corrected chi connectivity index (χ0v) is 11.3. The van der Waals surface area contributed by atoms with E-state index in [0.717, 1.165) is 5.88 Å².